The van der Waals surface area contributed by atoms with E-state index in [0.717, 1.165) is 0 Å². The molecular formula is C18H19ClN2O4S. The molecule has 3 rings (SSSR count). The molecular weight excluding hydrogens is 376 g/mol. The van der Waals surface area contributed by atoms with Crippen LogP contribution in [0, 0.1) is 0 Å². The third-order valence-electron chi connectivity index (χ3n) is 4.59. The molecule has 0 aliphatic carbocycles. The van der Waals surface area contributed by atoms with Crippen LogP contribution in [-0.2, 0) is 14.8 Å². The molecule has 1 fully saturated rings. The summed E-state index contributed by atoms with van der Waals surface area (Å²) < 4.78 is 30.9. The number of anilines is 2. The largest absolute Gasteiger partial charge is 0.497 e. The van der Waals surface area contributed by atoms with Crippen LogP contribution in [0.1, 0.15) is 13.3 Å². The Balaban J connectivity index is 1.84. The predicted octanol–water partition coefficient (Wildman–Crippen LogP) is 3.29. The average Bonchev–Trinajstić information content (AvgIpc) is 2.87. The normalized spacial score (nSPS) is 21.4. The van der Waals surface area contributed by atoms with Crippen LogP contribution in [0.2, 0.25) is 5.02 Å². The van der Waals surface area contributed by atoms with E-state index in [4.69, 9.17) is 16.3 Å². The van der Waals surface area contributed by atoms with E-state index in [2.05, 4.69) is 5.32 Å². The van der Waals surface area contributed by atoms with Gasteiger partial charge in [0.2, 0.25) is 15.9 Å². The van der Waals surface area contributed by atoms with Crippen LogP contribution in [-0.4, -0.2) is 32.7 Å². The van der Waals surface area contributed by atoms with Gasteiger partial charge in [-0.2, -0.15) is 0 Å². The SMILES string of the molecule is COc1ccc(NC(=O)[C@@]2(C)CCN(c3ccc(Cl)cc3)S2(=O)=O)cc1. The molecule has 0 saturated carbocycles. The monoisotopic (exact) mass is 394 g/mol. The van der Waals surface area contributed by atoms with Gasteiger partial charge in [0.1, 0.15) is 5.75 Å². The molecule has 2 aromatic rings. The van der Waals surface area contributed by atoms with Crippen LogP contribution in [0.4, 0.5) is 11.4 Å². The minimum atomic E-state index is -3.87. The second-order valence-electron chi connectivity index (χ2n) is 6.22. The summed E-state index contributed by atoms with van der Waals surface area (Å²) in [6, 6.07) is 13.2. The summed E-state index contributed by atoms with van der Waals surface area (Å²) in [5, 5.41) is 3.21. The number of carbonyl (C=O) groups excluding carboxylic acids is 1. The van der Waals surface area contributed by atoms with Gasteiger partial charge in [-0.25, -0.2) is 8.42 Å². The van der Waals surface area contributed by atoms with Gasteiger partial charge in [-0.3, -0.25) is 9.10 Å². The second kappa shape index (κ2) is 6.81. The molecule has 0 aromatic heterocycles. The summed E-state index contributed by atoms with van der Waals surface area (Å²) in [6.45, 7) is 1.69. The summed E-state index contributed by atoms with van der Waals surface area (Å²) in [5.74, 6) is 0.0933. The van der Waals surface area contributed by atoms with Crippen LogP contribution >= 0.6 is 11.6 Å². The zero-order valence-electron chi connectivity index (χ0n) is 14.4. The lowest BCUT2D eigenvalue weighted by Crippen LogP contribution is -2.47. The highest BCUT2D eigenvalue weighted by molar-refractivity contribution is 7.95. The standard InChI is InChI=1S/C18H19ClN2O4S/c1-18(17(22)20-14-5-9-16(25-2)10-6-14)11-12-21(26(18,23)24)15-7-3-13(19)4-8-15/h3-10H,11-12H2,1-2H3,(H,20,22)/t18-/m1/s1. The van der Waals surface area contributed by atoms with E-state index in [1.165, 1.54) is 11.2 Å². The Kier molecular flexibility index (Phi) is 4.86. The summed E-state index contributed by atoms with van der Waals surface area (Å²) in [7, 11) is -2.33. The predicted molar refractivity (Wildman–Crippen MR) is 102 cm³/mol. The maximum Gasteiger partial charge on any atom is 0.249 e. The van der Waals surface area contributed by atoms with E-state index in [-0.39, 0.29) is 13.0 Å². The molecule has 1 saturated heterocycles. The number of halogens is 1. The lowest BCUT2D eigenvalue weighted by Gasteiger charge is -2.25. The molecule has 6 nitrogen and oxygen atoms in total. The van der Waals surface area contributed by atoms with Crippen molar-refractivity contribution in [3.63, 3.8) is 0 Å². The van der Waals surface area contributed by atoms with Crippen molar-refractivity contribution < 1.29 is 17.9 Å². The number of amides is 1. The number of carbonyl (C=O) groups is 1. The van der Waals surface area contributed by atoms with Gasteiger partial charge in [-0.1, -0.05) is 11.6 Å². The lowest BCUT2D eigenvalue weighted by atomic mass is 10.1. The van der Waals surface area contributed by atoms with Gasteiger partial charge in [0, 0.05) is 17.3 Å². The van der Waals surface area contributed by atoms with Crippen LogP contribution in [0.25, 0.3) is 0 Å². The molecule has 138 valence electrons. The summed E-state index contributed by atoms with van der Waals surface area (Å²) in [4.78, 5) is 12.8. The minimum Gasteiger partial charge on any atom is -0.497 e. The zero-order chi connectivity index (χ0) is 18.9. The van der Waals surface area contributed by atoms with Gasteiger partial charge in [0.25, 0.3) is 0 Å². The third kappa shape index (κ3) is 3.12. The first kappa shape index (κ1) is 18.5. The van der Waals surface area contributed by atoms with Crippen molar-refractivity contribution in [2.45, 2.75) is 18.1 Å². The number of hydrogen-bond donors (Lipinski definition) is 1. The molecule has 1 heterocycles. The Morgan fingerprint density at radius 3 is 2.35 bits per heavy atom. The van der Waals surface area contributed by atoms with Crippen LogP contribution in [0.3, 0.4) is 0 Å². The molecule has 1 N–H and O–H groups in total. The number of rotatable bonds is 4. The number of methoxy groups -OCH3 is 1. The third-order valence-corrected chi connectivity index (χ3v) is 7.35. The molecule has 2 aromatic carbocycles. The van der Waals surface area contributed by atoms with Gasteiger partial charge >= 0.3 is 0 Å². The Morgan fingerprint density at radius 1 is 1.15 bits per heavy atom. The first-order valence-electron chi connectivity index (χ1n) is 8.01. The fourth-order valence-electron chi connectivity index (χ4n) is 2.85. The molecule has 0 unspecified atom stereocenters. The van der Waals surface area contributed by atoms with E-state index in [1.54, 1.807) is 55.6 Å². The van der Waals surface area contributed by atoms with E-state index < -0.39 is 20.7 Å². The van der Waals surface area contributed by atoms with Crippen molar-refractivity contribution in [2.75, 3.05) is 23.3 Å². The number of sulfonamides is 1. The molecule has 1 atom stereocenters. The number of nitrogens with one attached hydrogen (secondary N) is 1. The van der Waals surface area contributed by atoms with Gasteiger partial charge in [-0.05, 0) is 61.9 Å². The molecule has 8 heteroatoms. The summed E-state index contributed by atoms with van der Waals surface area (Å²) in [6.07, 6.45) is 0.194. The molecule has 0 radical (unpaired) electrons. The summed E-state index contributed by atoms with van der Waals surface area (Å²) in [5.41, 5.74) is 1.01. The highest BCUT2D eigenvalue weighted by atomic mass is 35.5. The van der Waals surface area contributed by atoms with Crippen LogP contribution < -0.4 is 14.4 Å². The Labute approximate surface area is 157 Å². The first-order chi connectivity index (χ1) is 12.3. The summed E-state index contributed by atoms with van der Waals surface area (Å²) >= 11 is 5.87. The van der Waals surface area contributed by atoms with Gasteiger partial charge in [0.05, 0.1) is 12.8 Å². The maximum absolute atomic E-state index is 13.0. The number of benzene rings is 2. The van der Waals surface area contributed by atoms with E-state index in [9.17, 15) is 13.2 Å². The van der Waals surface area contributed by atoms with E-state index in [1.807, 2.05) is 0 Å². The van der Waals surface area contributed by atoms with Crippen molar-refractivity contribution >= 4 is 38.9 Å². The van der Waals surface area contributed by atoms with Gasteiger partial charge in [-0.15, -0.1) is 0 Å². The smallest absolute Gasteiger partial charge is 0.249 e. The van der Waals surface area contributed by atoms with Crippen molar-refractivity contribution in [1.82, 2.24) is 0 Å². The van der Waals surface area contributed by atoms with Crippen molar-refractivity contribution in [3.05, 3.63) is 53.6 Å². The first-order valence-corrected chi connectivity index (χ1v) is 9.83. The topological polar surface area (TPSA) is 75.7 Å². The van der Waals surface area contributed by atoms with E-state index >= 15 is 0 Å². The second-order valence-corrected chi connectivity index (χ2v) is 8.95. The minimum absolute atomic E-state index is 0.194. The molecule has 1 aliphatic rings. The zero-order valence-corrected chi connectivity index (χ0v) is 16.0. The van der Waals surface area contributed by atoms with Crippen LogP contribution in [0.5, 0.6) is 5.75 Å². The molecule has 0 spiro atoms. The molecule has 26 heavy (non-hydrogen) atoms. The van der Waals surface area contributed by atoms with Crippen molar-refractivity contribution in [2.24, 2.45) is 0 Å². The Hall–Kier alpha value is -2.25. The highest BCUT2D eigenvalue weighted by Crippen LogP contribution is 2.37. The molecule has 1 aliphatic heterocycles. The Bertz CT molecular complexity index is 913. The Morgan fingerprint density at radius 2 is 1.77 bits per heavy atom. The van der Waals surface area contributed by atoms with Gasteiger partial charge < -0.3 is 10.1 Å². The maximum atomic E-state index is 13.0. The lowest BCUT2D eigenvalue weighted by molar-refractivity contribution is -0.118. The van der Waals surface area contributed by atoms with Crippen molar-refractivity contribution in [1.29, 1.82) is 0 Å². The molecule has 1 amide bonds. The highest BCUT2D eigenvalue weighted by Gasteiger charge is 2.54. The van der Waals surface area contributed by atoms with Crippen molar-refractivity contribution in [3.8, 4) is 5.75 Å². The fraction of sp³-hybridized carbons (Fsp3) is 0.278. The van der Waals surface area contributed by atoms with Crippen LogP contribution in [0.15, 0.2) is 48.5 Å². The van der Waals surface area contributed by atoms with E-state index in [0.29, 0.717) is 22.1 Å². The number of nitrogens with zero attached hydrogens (tertiary/aromatic N) is 1. The fourth-order valence-corrected chi connectivity index (χ4v) is 4.83. The number of hydrogen-bond acceptors (Lipinski definition) is 4. The quantitative estimate of drug-likeness (QED) is 0.863. The van der Waals surface area contributed by atoms with Gasteiger partial charge in [0.15, 0.2) is 4.75 Å². The average molecular weight is 395 g/mol. The number of ether oxygens (including phenoxy) is 1. The molecule has 0 bridgehead atoms.